The van der Waals surface area contributed by atoms with Crippen LogP contribution in [0.15, 0.2) is 48.5 Å². The van der Waals surface area contributed by atoms with Crippen molar-refractivity contribution in [2.45, 2.75) is 19.9 Å². The van der Waals surface area contributed by atoms with Crippen LogP contribution in [0, 0.1) is 11.8 Å². The van der Waals surface area contributed by atoms with Gasteiger partial charge in [0, 0.05) is 11.5 Å². The Morgan fingerprint density at radius 2 is 1.80 bits per heavy atom. The Bertz CT molecular complexity index is 723. The lowest BCUT2D eigenvalue weighted by Gasteiger charge is -2.32. The summed E-state index contributed by atoms with van der Waals surface area (Å²) in [7, 11) is 1.68. The maximum Gasteiger partial charge on any atom is 0.223 e. The summed E-state index contributed by atoms with van der Waals surface area (Å²) in [5, 5.41) is 6.36. The van der Waals surface area contributed by atoms with Crippen LogP contribution in [0.2, 0.25) is 0 Å². The molecule has 2 aromatic carbocycles. The number of rotatable bonds is 6. The van der Waals surface area contributed by atoms with Crippen LogP contribution < -0.4 is 15.4 Å². The summed E-state index contributed by atoms with van der Waals surface area (Å²) in [6.45, 7) is 5.92. The molecule has 1 fully saturated rings. The fraction of sp³-hybridized carbons (Fsp3) is 0.381. The quantitative estimate of drug-likeness (QED) is 0.849. The standard InChI is InChI=1S/C21H26N2O2/c1-14(18-12-22-13-18)21(24)23-15(2)16-8-10-17(11-9-16)19-6-4-5-7-20(19)25-3/h4-11,14-15,18,22H,12-13H2,1-3H3,(H,23,24). The molecule has 25 heavy (non-hydrogen) atoms. The van der Waals surface area contributed by atoms with E-state index in [1.165, 1.54) is 0 Å². The zero-order valence-corrected chi connectivity index (χ0v) is 15.1. The van der Waals surface area contributed by atoms with E-state index in [2.05, 4.69) is 34.9 Å². The van der Waals surface area contributed by atoms with Crippen LogP contribution in [0.3, 0.4) is 0 Å². The number of carbonyl (C=O) groups excluding carboxylic acids is 1. The SMILES string of the molecule is COc1ccccc1-c1ccc(C(C)NC(=O)C(C)C2CNC2)cc1. The van der Waals surface area contributed by atoms with Crippen molar-refractivity contribution >= 4 is 5.91 Å². The van der Waals surface area contributed by atoms with Gasteiger partial charge in [-0.25, -0.2) is 0 Å². The molecule has 0 aliphatic carbocycles. The minimum atomic E-state index is -0.00490. The summed E-state index contributed by atoms with van der Waals surface area (Å²) >= 11 is 0. The van der Waals surface area contributed by atoms with Crippen LogP contribution in [-0.2, 0) is 4.79 Å². The first-order chi connectivity index (χ1) is 12.1. The molecule has 1 amide bonds. The molecule has 3 rings (SSSR count). The fourth-order valence-electron chi connectivity index (χ4n) is 3.14. The van der Waals surface area contributed by atoms with Gasteiger partial charge in [-0.05, 0) is 43.1 Å². The Morgan fingerprint density at radius 3 is 2.40 bits per heavy atom. The molecule has 2 N–H and O–H groups in total. The lowest BCUT2D eigenvalue weighted by molar-refractivity contribution is -0.127. The summed E-state index contributed by atoms with van der Waals surface area (Å²) in [5.74, 6) is 1.50. The van der Waals surface area contributed by atoms with E-state index < -0.39 is 0 Å². The molecule has 1 heterocycles. The molecule has 4 heteroatoms. The molecule has 0 radical (unpaired) electrons. The first-order valence-electron chi connectivity index (χ1n) is 8.84. The molecule has 1 saturated heterocycles. The molecule has 2 aromatic rings. The number of methoxy groups -OCH3 is 1. The average molecular weight is 338 g/mol. The molecule has 4 nitrogen and oxygen atoms in total. The average Bonchev–Trinajstić information content (AvgIpc) is 2.60. The number of carbonyl (C=O) groups is 1. The summed E-state index contributed by atoms with van der Waals surface area (Å²) in [4.78, 5) is 12.4. The zero-order chi connectivity index (χ0) is 17.8. The Hall–Kier alpha value is -2.33. The molecular weight excluding hydrogens is 312 g/mol. The van der Waals surface area contributed by atoms with Gasteiger partial charge in [0.25, 0.3) is 0 Å². The van der Waals surface area contributed by atoms with Crippen molar-refractivity contribution in [1.82, 2.24) is 10.6 Å². The van der Waals surface area contributed by atoms with Gasteiger partial charge in [0.15, 0.2) is 0 Å². The Morgan fingerprint density at radius 1 is 1.12 bits per heavy atom. The Labute approximate surface area is 149 Å². The monoisotopic (exact) mass is 338 g/mol. The van der Waals surface area contributed by atoms with Gasteiger partial charge < -0.3 is 15.4 Å². The summed E-state index contributed by atoms with van der Waals surface area (Å²) in [5.41, 5.74) is 3.28. The topological polar surface area (TPSA) is 50.4 Å². The van der Waals surface area contributed by atoms with Gasteiger partial charge >= 0.3 is 0 Å². The van der Waals surface area contributed by atoms with E-state index in [9.17, 15) is 4.79 Å². The predicted octanol–water partition coefficient (Wildman–Crippen LogP) is 3.39. The Balaban J connectivity index is 1.68. The highest BCUT2D eigenvalue weighted by atomic mass is 16.5. The summed E-state index contributed by atoms with van der Waals surface area (Å²) in [6, 6.07) is 16.3. The number of ether oxygens (including phenoxy) is 1. The second kappa shape index (κ2) is 7.70. The number of hydrogen-bond donors (Lipinski definition) is 2. The molecule has 132 valence electrons. The summed E-state index contributed by atoms with van der Waals surface area (Å²) in [6.07, 6.45) is 0. The predicted molar refractivity (Wildman–Crippen MR) is 101 cm³/mol. The largest absolute Gasteiger partial charge is 0.496 e. The van der Waals surface area contributed by atoms with Gasteiger partial charge in [-0.2, -0.15) is 0 Å². The number of benzene rings is 2. The maximum atomic E-state index is 12.4. The van der Waals surface area contributed by atoms with Gasteiger partial charge in [-0.15, -0.1) is 0 Å². The maximum absolute atomic E-state index is 12.4. The van der Waals surface area contributed by atoms with Crippen LogP contribution in [0.5, 0.6) is 5.75 Å². The summed E-state index contributed by atoms with van der Waals surface area (Å²) < 4.78 is 5.43. The van der Waals surface area contributed by atoms with E-state index in [1.54, 1.807) is 7.11 Å². The van der Waals surface area contributed by atoms with Crippen molar-refractivity contribution < 1.29 is 9.53 Å². The van der Waals surface area contributed by atoms with Crippen LogP contribution in [0.25, 0.3) is 11.1 Å². The van der Waals surface area contributed by atoms with Crippen molar-refractivity contribution in [3.05, 3.63) is 54.1 Å². The van der Waals surface area contributed by atoms with E-state index in [0.717, 1.165) is 35.5 Å². The molecule has 1 aliphatic rings. The van der Waals surface area contributed by atoms with Crippen molar-refractivity contribution in [1.29, 1.82) is 0 Å². The molecule has 1 aliphatic heterocycles. The third-order valence-electron chi connectivity index (χ3n) is 5.12. The van der Waals surface area contributed by atoms with Gasteiger partial charge in [0.05, 0.1) is 13.2 Å². The fourth-order valence-corrected chi connectivity index (χ4v) is 3.14. The number of amides is 1. The number of hydrogen-bond acceptors (Lipinski definition) is 3. The first-order valence-corrected chi connectivity index (χ1v) is 8.84. The highest BCUT2D eigenvalue weighted by Gasteiger charge is 2.29. The molecular formula is C21H26N2O2. The van der Waals surface area contributed by atoms with Crippen molar-refractivity contribution in [3.8, 4) is 16.9 Å². The van der Waals surface area contributed by atoms with E-state index in [4.69, 9.17) is 4.74 Å². The molecule has 2 unspecified atom stereocenters. The zero-order valence-electron chi connectivity index (χ0n) is 15.1. The Kier molecular flexibility index (Phi) is 5.39. The first kappa shape index (κ1) is 17.5. The van der Waals surface area contributed by atoms with Gasteiger partial charge in [0.1, 0.15) is 5.75 Å². The number of para-hydroxylation sites is 1. The smallest absolute Gasteiger partial charge is 0.223 e. The van der Waals surface area contributed by atoms with Crippen molar-refractivity contribution in [3.63, 3.8) is 0 Å². The minimum Gasteiger partial charge on any atom is -0.496 e. The van der Waals surface area contributed by atoms with Crippen LogP contribution >= 0.6 is 0 Å². The van der Waals surface area contributed by atoms with Crippen LogP contribution in [0.4, 0.5) is 0 Å². The van der Waals surface area contributed by atoms with E-state index in [1.807, 2.05) is 38.1 Å². The molecule has 0 aromatic heterocycles. The normalized spacial score (nSPS) is 16.6. The van der Waals surface area contributed by atoms with Gasteiger partial charge in [0.2, 0.25) is 5.91 Å². The number of nitrogens with one attached hydrogen (secondary N) is 2. The van der Waals surface area contributed by atoms with Gasteiger partial charge in [-0.3, -0.25) is 4.79 Å². The minimum absolute atomic E-state index is 0.00490. The van der Waals surface area contributed by atoms with Crippen molar-refractivity contribution in [2.24, 2.45) is 11.8 Å². The lowest BCUT2D eigenvalue weighted by atomic mass is 9.88. The third-order valence-corrected chi connectivity index (χ3v) is 5.12. The highest BCUT2D eigenvalue weighted by Crippen LogP contribution is 2.30. The van der Waals surface area contributed by atoms with E-state index >= 15 is 0 Å². The molecule has 0 bridgehead atoms. The molecule has 0 saturated carbocycles. The van der Waals surface area contributed by atoms with E-state index in [0.29, 0.717) is 5.92 Å². The van der Waals surface area contributed by atoms with Gasteiger partial charge in [-0.1, -0.05) is 49.4 Å². The van der Waals surface area contributed by atoms with Crippen LogP contribution in [-0.4, -0.2) is 26.1 Å². The second-order valence-corrected chi connectivity index (χ2v) is 6.76. The lowest BCUT2D eigenvalue weighted by Crippen LogP contribution is -2.49. The van der Waals surface area contributed by atoms with Crippen molar-refractivity contribution in [2.75, 3.05) is 20.2 Å². The molecule has 0 spiro atoms. The molecule has 2 atom stereocenters. The highest BCUT2D eigenvalue weighted by molar-refractivity contribution is 5.79. The third kappa shape index (κ3) is 3.85. The van der Waals surface area contributed by atoms with E-state index in [-0.39, 0.29) is 17.9 Å². The van der Waals surface area contributed by atoms with Crippen LogP contribution in [0.1, 0.15) is 25.5 Å². The second-order valence-electron chi connectivity index (χ2n) is 6.76.